The van der Waals surface area contributed by atoms with E-state index in [2.05, 4.69) is 15.8 Å². The highest BCUT2D eigenvalue weighted by Crippen LogP contribution is 2.30. The van der Waals surface area contributed by atoms with E-state index in [1.807, 2.05) is 6.92 Å². The minimum absolute atomic E-state index is 0. The average Bonchev–Trinajstić information content (AvgIpc) is 3.03. The number of hydrogen-bond acceptors (Lipinski definition) is 4. The van der Waals surface area contributed by atoms with Crippen LogP contribution in [0.3, 0.4) is 0 Å². The second kappa shape index (κ2) is 7.79. The molecule has 4 N–H and O–H groups in total. The maximum atomic E-state index is 12.7. The molecule has 0 saturated carbocycles. The van der Waals surface area contributed by atoms with E-state index >= 15 is 0 Å². The van der Waals surface area contributed by atoms with Crippen molar-refractivity contribution in [2.45, 2.75) is 18.2 Å². The molecule has 0 fully saturated rings. The van der Waals surface area contributed by atoms with Gasteiger partial charge in [-0.3, -0.25) is 4.72 Å². The number of benzene rings is 2. The molecular weight excluding hydrogens is 372 g/mol. The van der Waals surface area contributed by atoms with Crippen molar-refractivity contribution < 1.29 is 8.42 Å². The minimum atomic E-state index is -3.73. The zero-order chi connectivity index (χ0) is 18.0. The van der Waals surface area contributed by atoms with Crippen LogP contribution < -0.4 is 10.5 Å². The molecule has 0 aliphatic rings. The number of H-pyrrole nitrogens is 1. The monoisotopic (exact) mass is 390 g/mol. The van der Waals surface area contributed by atoms with E-state index in [0.29, 0.717) is 29.7 Å². The maximum Gasteiger partial charge on any atom is 0.261 e. The van der Waals surface area contributed by atoms with Crippen molar-refractivity contribution in [1.82, 2.24) is 4.98 Å². The van der Waals surface area contributed by atoms with Crippen molar-refractivity contribution in [2.24, 2.45) is 5.73 Å². The number of anilines is 1. The molecular formula is C18H19ClN4O2S. The lowest BCUT2D eigenvalue weighted by Gasteiger charge is -2.11. The van der Waals surface area contributed by atoms with Crippen molar-refractivity contribution in [2.75, 3.05) is 11.3 Å². The van der Waals surface area contributed by atoms with Crippen LogP contribution in [0.2, 0.25) is 0 Å². The minimum Gasteiger partial charge on any atom is -0.358 e. The Labute approximate surface area is 158 Å². The number of sulfonamides is 1. The van der Waals surface area contributed by atoms with Crippen molar-refractivity contribution in [1.29, 1.82) is 5.26 Å². The van der Waals surface area contributed by atoms with E-state index in [1.54, 1.807) is 42.6 Å². The van der Waals surface area contributed by atoms with Crippen LogP contribution in [-0.4, -0.2) is 19.9 Å². The summed E-state index contributed by atoms with van der Waals surface area (Å²) in [5, 5.41) is 9.93. The topological polar surface area (TPSA) is 112 Å². The zero-order valence-corrected chi connectivity index (χ0v) is 15.7. The van der Waals surface area contributed by atoms with Gasteiger partial charge < -0.3 is 10.7 Å². The second-order valence-corrected chi connectivity index (χ2v) is 7.46. The standard InChI is InChI=1S/C18H18N4O2S.ClH/c1-12-2-7-16(18-17(12)14(10-20)11-21-18)22-25(23,24)15-5-3-13(4-6-15)8-9-19;/h2-7,11,21-22H,8-9,19H2,1H3;1H. The molecule has 0 bridgehead atoms. The van der Waals surface area contributed by atoms with Crippen LogP contribution >= 0.6 is 12.4 Å². The van der Waals surface area contributed by atoms with E-state index < -0.39 is 10.0 Å². The van der Waals surface area contributed by atoms with Gasteiger partial charge in [-0.1, -0.05) is 18.2 Å². The van der Waals surface area contributed by atoms with Crippen molar-refractivity contribution in [3.05, 3.63) is 59.3 Å². The predicted octanol–water partition coefficient (Wildman–Crippen LogP) is 3.07. The molecule has 6 nitrogen and oxygen atoms in total. The Morgan fingerprint density at radius 2 is 1.88 bits per heavy atom. The van der Waals surface area contributed by atoms with Crippen molar-refractivity contribution >= 4 is 39.0 Å². The zero-order valence-electron chi connectivity index (χ0n) is 14.1. The lowest BCUT2D eigenvalue weighted by atomic mass is 10.1. The van der Waals surface area contributed by atoms with Gasteiger partial charge in [-0.25, -0.2) is 8.42 Å². The smallest absolute Gasteiger partial charge is 0.261 e. The van der Waals surface area contributed by atoms with Crippen LogP contribution in [0.25, 0.3) is 10.9 Å². The van der Waals surface area contributed by atoms with Gasteiger partial charge in [0.05, 0.1) is 21.7 Å². The largest absolute Gasteiger partial charge is 0.358 e. The molecule has 136 valence electrons. The summed E-state index contributed by atoms with van der Waals surface area (Å²) in [5.74, 6) is 0. The first kappa shape index (κ1) is 19.8. The Bertz CT molecular complexity index is 1070. The summed E-state index contributed by atoms with van der Waals surface area (Å²) in [5.41, 5.74) is 8.89. The van der Waals surface area contributed by atoms with E-state index in [1.165, 1.54) is 0 Å². The number of fused-ring (bicyclic) bond motifs is 1. The molecule has 0 amide bonds. The van der Waals surface area contributed by atoms with Crippen LogP contribution in [-0.2, 0) is 16.4 Å². The summed E-state index contributed by atoms with van der Waals surface area (Å²) < 4.78 is 27.9. The van der Waals surface area contributed by atoms with Gasteiger partial charge in [0.25, 0.3) is 10.0 Å². The van der Waals surface area contributed by atoms with Gasteiger partial charge in [0.15, 0.2) is 0 Å². The number of nitrogens with two attached hydrogens (primary N) is 1. The number of aromatic amines is 1. The molecule has 8 heteroatoms. The number of nitrogens with zero attached hydrogens (tertiary/aromatic N) is 1. The molecule has 0 spiro atoms. The molecule has 0 aliphatic heterocycles. The number of aromatic nitrogens is 1. The Morgan fingerprint density at radius 1 is 1.19 bits per heavy atom. The van der Waals surface area contributed by atoms with Gasteiger partial charge in [-0.05, 0) is 49.2 Å². The van der Waals surface area contributed by atoms with Crippen LogP contribution in [0, 0.1) is 18.3 Å². The number of nitrogens with one attached hydrogen (secondary N) is 2. The SMILES string of the molecule is Cc1ccc(NS(=O)(=O)c2ccc(CCN)cc2)c2[nH]cc(C#N)c12.Cl. The van der Waals surface area contributed by atoms with Crippen LogP contribution in [0.4, 0.5) is 5.69 Å². The molecule has 0 atom stereocenters. The third kappa shape index (κ3) is 3.68. The molecule has 0 unspecified atom stereocenters. The molecule has 0 aliphatic carbocycles. The first-order valence-electron chi connectivity index (χ1n) is 7.79. The summed E-state index contributed by atoms with van der Waals surface area (Å²) in [6.07, 6.45) is 2.28. The average molecular weight is 391 g/mol. The third-order valence-electron chi connectivity index (χ3n) is 4.08. The van der Waals surface area contributed by atoms with Gasteiger partial charge in [-0.15, -0.1) is 12.4 Å². The number of rotatable bonds is 5. The quantitative estimate of drug-likeness (QED) is 0.621. The summed E-state index contributed by atoms with van der Waals surface area (Å²) in [6.45, 7) is 2.39. The van der Waals surface area contributed by atoms with Gasteiger partial charge in [0.1, 0.15) is 6.07 Å². The molecule has 0 radical (unpaired) electrons. The fourth-order valence-electron chi connectivity index (χ4n) is 2.80. The van der Waals surface area contributed by atoms with Crippen LogP contribution in [0.5, 0.6) is 0 Å². The number of nitriles is 1. The van der Waals surface area contributed by atoms with Gasteiger partial charge in [-0.2, -0.15) is 5.26 Å². The Balaban J connectivity index is 0.00000243. The van der Waals surface area contributed by atoms with E-state index in [0.717, 1.165) is 16.5 Å². The lowest BCUT2D eigenvalue weighted by Crippen LogP contribution is -2.13. The van der Waals surface area contributed by atoms with Gasteiger partial charge >= 0.3 is 0 Å². The van der Waals surface area contributed by atoms with E-state index in [9.17, 15) is 13.7 Å². The maximum absolute atomic E-state index is 12.7. The molecule has 26 heavy (non-hydrogen) atoms. The third-order valence-corrected chi connectivity index (χ3v) is 5.46. The molecule has 1 aromatic heterocycles. The molecule has 1 heterocycles. The van der Waals surface area contributed by atoms with Crippen LogP contribution in [0.1, 0.15) is 16.7 Å². The first-order valence-corrected chi connectivity index (χ1v) is 9.27. The lowest BCUT2D eigenvalue weighted by molar-refractivity contribution is 0.601. The number of halogens is 1. The summed E-state index contributed by atoms with van der Waals surface area (Å²) in [6, 6.07) is 12.2. The Morgan fingerprint density at radius 3 is 2.50 bits per heavy atom. The van der Waals surface area contributed by atoms with E-state index in [4.69, 9.17) is 5.73 Å². The Kier molecular flexibility index (Phi) is 5.93. The Hall–Kier alpha value is -2.53. The molecule has 2 aromatic carbocycles. The fourth-order valence-corrected chi connectivity index (χ4v) is 3.87. The first-order chi connectivity index (χ1) is 12.0. The van der Waals surface area contributed by atoms with Crippen LogP contribution in [0.15, 0.2) is 47.5 Å². The molecule has 0 saturated heterocycles. The van der Waals surface area contributed by atoms with Crippen molar-refractivity contribution in [3.8, 4) is 6.07 Å². The normalized spacial score (nSPS) is 11.0. The fraction of sp³-hybridized carbons (Fsp3) is 0.167. The number of hydrogen-bond donors (Lipinski definition) is 3. The molecule has 3 rings (SSSR count). The highest BCUT2D eigenvalue weighted by Gasteiger charge is 2.17. The summed E-state index contributed by atoms with van der Waals surface area (Å²) in [7, 11) is -3.73. The predicted molar refractivity (Wildman–Crippen MR) is 105 cm³/mol. The van der Waals surface area contributed by atoms with Gasteiger partial charge in [0.2, 0.25) is 0 Å². The summed E-state index contributed by atoms with van der Waals surface area (Å²) in [4.78, 5) is 3.16. The van der Waals surface area contributed by atoms with Gasteiger partial charge in [0, 0.05) is 11.6 Å². The summed E-state index contributed by atoms with van der Waals surface area (Å²) >= 11 is 0. The van der Waals surface area contributed by atoms with E-state index in [-0.39, 0.29) is 17.3 Å². The number of aryl methyl sites for hydroxylation is 1. The second-order valence-electron chi connectivity index (χ2n) is 5.78. The highest BCUT2D eigenvalue weighted by molar-refractivity contribution is 7.92. The molecule has 3 aromatic rings. The highest BCUT2D eigenvalue weighted by atomic mass is 35.5. The van der Waals surface area contributed by atoms with Crippen molar-refractivity contribution in [3.63, 3.8) is 0 Å².